The van der Waals surface area contributed by atoms with Crippen molar-refractivity contribution in [3.63, 3.8) is 0 Å². The topological polar surface area (TPSA) is 91.6 Å². The molecule has 2 unspecified atom stereocenters. The van der Waals surface area contributed by atoms with Gasteiger partial charge in [-0.3, -0.25) is 9.59 Å². The Morgan fingerprint density at radius 2 is 2.17 bits per heavy atom. The van der Waals surface area contributed by atoms with Crippen LogP contribution in [0.5, 0.6) is 0 Å². The van der Waals surface area contributed by atoms with E-state index in [4.69, 9.17) is 9.52 Å². The molecule has 2 atom stereocenters. The molecule has 1 heterocycles. The predicted molar refractivity (Wildman–Crippen MR) is 64.9 cm³/mol. The van der Waals surface area contributed by atoms with E-state index < -0.39 is 6.04 Å². The molecule has 1 rings (SSSR count). The Labute approximate surface area is 105 Å². The average molecular weight is 254 g/mol. The van der Waals surface area contributed by atoms with Gasteiger partial charge in [-0.1, -0.05) is 6.92 Å². The maximum Gasteiger partial charge on any atom is 0.255 e. The van der Waals surface area contributed by atoms with Gasteiger partial charge in [-0.05, 0) is 18.9 Å². The summed E-state index contributed by atoms with van der Waals surface area (Å²) in [5, 5.41) is 14.0. The summed E-state index contributed by atoms with van der Waals surface area (Å²) in [5.41, 5.74) is 0.373. The van der Waals surface area contributed by atoms with Gasteiger partial charge in [-0.25, -0.2) is 0 Å². The van der Waals surface area contributed by atoms with E-state index in [0.29, 0.717) is 12.1 Å². The highest BCUT2D eigenvalue weighted by atomic mass is 16.3. The summed E-state index contributed by atoms with van der Waals surface area (Å²) in [6.45, 7) is 3.79. The smallest absolute Gasteiger partial charge is 0.255 e. The predicted octanol–water partition coefficient (Wildman–Crippen LogP) is 0.142. The zero-order valence-corrected chi connectivity index (χ0v) is 10.5. The minimum atomic E-state index is -0.640. The Balaban J connectivity index is 2.38. The first-order valence-corrected chi connectivity index (χ1v) is 5.76. The minimum Gasteiger partial charge on any atom is -0.472 e. The lowest BCUT2D eigenvalue weighted by atomic mass is 10.2. The first-order chi connectivity index (χ1) is 8.54. The number of aliphatic hydroxyl groups is 1. The molecular formula is C12H18N2O4. The lowest BCUT2D eigenvalue weighted by Gasteiger charge is -2.15. The van der Waals surface area contributed by atoms with Crippen molar-refractivity contribution in [2.24, 2.45) is 5.92 Å². The van der Waals surface area contributed by atoms with Crippen molar-refractivity contribution in [2.75, 3.05) is 13.2 Å². The van der Waals surface area contributed by atoms with Crippen molar-refractivity contribution in [2.45, 2.75) is 19.9 Å². The highest BCUT2D eigenvalue weighted by molar-refractivity contribution is 5.97. The number of carbonyl (C=O) groups excluding carboxylic acids is 2. The van der Waals surface area contributed by atoms with Gasteiger partial charge >= 0.3 is 0 Å². The molecule has 6 nitrogen and oxygen atoms in total. The van der Waals surface area contributed by atoms with Gasteiger partial charge in [0.2, 0.25) is 5.91 Å². The summed E-state index contributed by atoms with van der Waals surface area (Å²) in [6, 6.07) is 0.881. The molecule has 0 spiro atoms. The first kappa shape index (κ1) is 14.2. The summed E-state index contributed by atoms with van der Waals surface area (Å²) in [5.74, 6) is -0.653. The summed E-state index contributed by atoms with van der Waals surface area (Å²) >= 11 is 0. The summed E-state index contributed by atoms with van der Waals surface area (Å²) in [4.78, 5) is 23.3. The molecule has 2 amide bonds. The Hall–Kier alpha value is -1.82. The van der Waals surface area contributed by atoms with Crippen LogP contribution in [0.25, 0.3) is 0 Å². The fourth-order valence-corrected chi connectivity index (χ4v) is 1.23. The fraction of sp³-hybridized carbons (Fsp3) is 0.500. The van der Waals surface area contributed by atoms with Crippen LogP contribution in [0.4, 0.5) is 0 Å². The maximum atomic E-state index is 11.6. The number of furan rings is 1. The van der Waals surface area contributed by atoms with Crippen LogP contribution in [0.2, 0.25) is 0 Å². The molecule has 1 aromatic rings. The van der Waals surface area contributed by atoms with E-state index in [0.717, 1.165) is 0 Å². The summed E-state index contributed by atoms with van der Waals surface area (Å²) in [6.07, 6.45) is 2.70. The zero-order chi connectivity index (χ0) is 13.5. The molecule has 100 valence electrons. The standard InChI is InChI=1S/C12H18N2O4/c1-8(6-15)5-13-11(16)9(2)14-12(17)10-3-4-18-7-10/h3-4,7-9,15H,5-6H2,1-2H3,(H,13,16)(H,14,17). The number of rotatable bonds is 6. The second-order valence-corrected chi connectivity index (χ2v) is 4.24. The molecule has 18 heavy (non-hydrogen) atoms. The number of hydrogen-bond donors (Lipinski definition) is 3. The van der Waals surface area contributed by atoms with Gasteiger partial charge in [0.1, 0.15) is 12.3 Å². The van der Waals surface area contributed by atoms with Crippen molar-refractivity contribution in [1.29, 1.82) is 0 Å². The van der Waals surface area contributed by atoms with E-state index >= 15 is 0 Å². The molecule has 0 aliphatic carbocycles. The Bertz CT molecular complexity index is 389. The van der Waals surface area contributed by atoms with Gasteiger partial charge in [0.25, 0.3) is 5.91 Å². The molecule has 1 aromatic heterocycles. The van der Waals surface area contributed by atoms with Crippen LogP contribution < -0.4 is 10.6 Å². The van der Waals surface area contributed by atoms with E-state index in [1.807, 2.05) is 6.92 Å². The van der Waals surface area contributed by atoms with Crippen molar-refractivity contribution in [3.8, 4) is 0 Å². The van der Waals surface area contributed by atoms with E-state index in [2.05, 4.69) is 10.6 Å². The van der Waals surface area contributed by atoms with Crippen LogP contribution in [0.15, 0.2) is 23.0 Å². The van der Waals surface area contributed by atoms with Crippen LogP contribution in [0.1, 0.15) is 24.2 Å². The molecule has 0 aliphatic rings. The van der Waals surface area contributed by atoms with Gasteiger partial charge in [-0.2, -0.15) is 0 Å². The van der Waals surface area contributed by atoms with Crippen molar-refractivity contribution in [3.05, 3.63) is 24.2 Å². The highest BCUT2D eigenvalue weighted by Gasteiger charge is 2.17. The van der Waals surface area contributed by atoms with Crippen LogP contribution >= 0.6 is 0 Å². The van der Waals surface area contributed by atoms with E-state index in [1.54, 1.807) is 6.92 Å². The van der Waals surface area contributed by atoms with Gasteiger partial charge in [0.05, 0.1) is 11.8 Å². The Morgan fingerprint density at radius 3 is 2.72 bits per heavy atom. The van der Waals surface area contributed by atoms with E-state index in [1.165, 1.54) is 18.6 Å². The molecule has 0 saturated heterocycles. The quantitative estimate of drug-likeness (QED) is 0.673. The molecule has 0 bridgehead atoms. The molecule has 6 heteroatoms. The molecule has 0 radical (unpaired) electrons. The van der Waals surface area contributed by atoms with Crippen molar-refractivity contribution < 1.29 is 19.1 Å². The van der Waals surface area contributed by atoms with E-state index in [9.17, 15) is 9.59 Å². The lowest BCUT2D eigenvalue weighted by Crippen LogP contribution is -2.45. The summed E-state index contributed by atoms with van der Waals surface area (Å²) in [7, 11) is 0. The maximum absolute atomic E-state index is 11.6. The van der Waals surface area contributed by atoms with Gasteiger partial charge < -0.3 is 20.2 Å². The van der Waals surface area contributed by atoms with E-state index in [-0.39, 0.29) is 24.3 Å². The third-order valence-corrected chi connectivity index (χ3v) is 2.46. The van der Waals surface area contributed by atoms with Crippen LogP contribution in [-0.4, -0.2) is 36.1 Å². The second-order valence-electron chi connectivity index (χ2n) is 4.24. The Kier molecular flexibility index (Phi) is 5.38. The zero-order valence-electron chi connectivity index (χ0n) is 10.5. The van der Waals surface area contributed by atoms with Crippen molar-refractivity contribution >= 4 is 11.8 Å². The normalized spacial score (nSPS) is 13.7. The molecule has 0 saturated carbocycles. The van der Waals surface area contributed by atoms with Crippen LogP contribution in [0.3, 0.4) is 0 Å². The third kappa shape index (κ3) is 4.21. The Morgan fingerprint density at radius 1 is 1.44 bits per heavy atom. The molecule has 3 N–H and O–H groups in total. The highest BCUT2D eigenvalue weighted by Crippen LogP contribution is 2.00. The third-order valence-electron chi connectivity index (χ3n) is 2.46. The molecule has 0 aliphatic heterocycles. The van der Waals surface area contributed by atoms with Crippen LogP contribution in [0, 0.1) is 5.92 Å². The molecular weight excluding hydrogens is 236 g/mol. The fourth-order valence-electron chi connectivity index (χ4n) is 1.23. The SMILES string of the molecule is CC(CO)CNC(=O)C(C)NC(=O)c1ccoc1. The largest absolute Gasteiger partial charge is 0.472 e. The number of amides is 2. The number of aliphatic hydroxyl groups excluding tert-OH is 1. The summed E-state index contributed by atoms with van der Waals surface area (Å²) < 4.78 is 4.78. The second kappa shape index (κ2) is 6.80. The minimum absolute atomic E-state index is 0.00859. The van der Waals surface area contributed by atoms with Gasteiger partial charge in [0, 0.05) is 13.2 Å². The molecule has 0 fully saturated rings. The molecule has 0 aromatic carbocycles. The van der Waals surface area contributed by atoms with Gasteiger partial charge in [-0.15, -0.1) is 0 Å². The lowest BCUT2D eigenvalue weighted by molar-refractivity contribution is -0.122. The van der Waals surface area contributed by atoms with Crippen molar-refractivity contribution in [1.82, 2.24) is 10.6 Å². The van der Waals surface area contributed by atoms with Crippen LogP contribution in [-0.2, 0) is 4.79 Å². The number of nitrogens with one attached hydrogen (secondary N) is 2. The number of hydrogen-bond acceptors (Lipinski definition) is 4. The first-order valence-electron chi connectivity index (χ1n) is 5.76. The van der Waals surface area contributed by atoms with Gasteiger partial charge in [0.15, 0.2) is 0 Å². The average Bonchev–Trinajstić information content (AvgIpc) is 2.89. The number of carbonyl (C=O) groups is 2. The monoisotopic (exact) mass is 254 g/mol.